The molecule has 0 spiro atoms. The van der Waals surface area contributed by atoms with Crippen LogP contribution in [-0.2, 0) is 0 Å². The van der Waals surface area contributed by atoms with Crippen molar-refractivity contribution in [3.05, 3.63) is 46.3 Å². The van der Waals surface area contributed by atoms with Gasteiger partial charge in [-0.3, -0.25) is 20.0 Å². The van der Waals surface area contributed by atoms with E-state index in [1.165, 1.54) is 24.3 Å². The molecule has 1 aromatic carbocycles. The molecule has 0 fully saturated rings. The van der Waals surface area contributed by atoms with Gasteiger partial charge >= 0.3 is 12.3 Å². The van der Waals surface area contributed by atoms with E-state index in [-0.39, 0.29) is 11.4 Å². The highest BCUT2D eigenvalue weighted by Crippen LogP contribution is 2.26. The lowest BCUT2D eigenvalue weighted by Gasteiger charge is -2.10. The largest absolute Gasteiger partial charge is 0.433 e. The van der Waals surface area contributed by atoms with Gasteiger partial charge in [0, 0.05) is 0 Å². The molecule has 0 saturated heterocycles. The number of para-hydroxylation sites is 2. The van der Waals surface area contributed by atoms with Crippen LogP contribution < -0.4 is 10.1 Å². The van der Waals surface area contributed by atoms with Gasteiger partial charge in [-0.1, -0.05) is 12.1 Å². The molecule has 8 nitrogen and oxygen atoms in total. The van der Waals surface area contributed by atoms with E-state index in [0.29, 0.717) is 0 Å². The number of nitrogens with one attached hydrogen (secondary N) is 2. The number of hydrogen-bond acceptors (Lipinski definition) is 5. The molecular weight excluding hydrogens is 290 g/mol. The second kappa shape index (κ2) is 5.94. The standard InChI is InChI=1S/C11H8F2N4O4/c12-11(13)21-8-4-2-1-3-6(8)15-10(18)9-7(17(19)20)5-14-16-9/h1-5,11H,(H,14,16)(H,15,18). The van der Waals surface area contributed by atoms with E-state index in [4.69, 9.17) is 0 Å². The molecule has 110 valence electrons. The van der Waals surface area contributed by atoms with Crippen molar-refractivity contribution in [3.8, 4) is 5.75 Å². The molecule has 10 heteroatoms. The van der Waals surface area contributed by atoms with E-state index in [1.807, 2.05) is 0 Å². The maximum absolute atomic E-state index is 12.2. The Morgan fingerprint density at radius 2 is 2.14 bits per heavy atom. The second-order valence-corrected chi connectivity index (χ2v) is 3.72. The minimum atomic E-state index is -3.07. The Kier molecular flexibility index (Phi) is 4.07. The lowest BCUT2D eigenvalue weighted by Crippen LogP contribution is -2.15. The predicted molar refractivity (Wildman–Crippen MR) is 66.3 cm³/mol. The number of alkyl halides is 2. The fourth-order valence-electron chi connectivity index (χ4n) is 1.54. The summed E-state index contributed by atoms with van der Waals surface area (Å²) >= 11 is 0. The molecule has 2 N–H and O–H groups in total. The molecule has 0 saturated carbocycles. The van der Waals surface area contributed by atoms with E-state index in [1.54, 1.807) is 0 Å². The number of carbonyl (C=O) groups excluding carboxylic acids is 1. The number of H-pyrrole nitrogens is 1. The van der Waals surface area contributed by atoms with Crippen molar-refractivity contribution in [1.29, 1.82) is 0 Å². The molecule has 0 aliphatic rings. The average Bonchev–Trinajstić information content (AvgIpc) is 2.90. The average molecular weight is 298 g/mol. The Labute approximate surface area is 115 Å². The Hall–Kier alpha value is -3.04. The summed E-state index contributed by atoms with van der Waals surface area (Å²) in [6.45, 7) is -3.07. The molecule has 0 bridgehead atoms. The third kappa shape index (κ3) is 3.29. The molecule has 0 radical (unpaired) electrons. The first-order valence-electron chi connectivity index (χ1n) is 5.52. The van der Waals surface area contributed by atoms with E-state index in [0.717, 1.165) is 6.20 Å². The normalized spacial score (nSPS) is 10.4. The van der Waals surface area contributed by atoms with Crippen LogP contribution in [0.2, 0.25) is 0 Å². The van der Waals surface area contributed by atoms with Crippen LogP contribution in [-0.4, -0.2) is 27.6 Å². The summed E-state index contributed by atoms with van der Waals surface area (Å²) in [6, 6.07) is 5.46. The molecule has 0 aliphatic carbocycles. The Balaban J connectivity index is 2.24. The third-order valence-corrected chi connectivity index (χ3v) is 2.39. The number of nitro groups is 1. The molecule has 0 atom stereocenters. The molecule has 0 aliphatic heterocycles. The summed E-state index contributed by atoms with van der Waals surface area (Å²) in [4.78, 5) is 21.8. The van der Waals surface area contributed by atoms with Crippen LogP contribution >= 0.6 is 0 Å². The van der Waals surface area contributed by atoms with Crippen molar-refractivity contribution >= 4 is 17.3 Å². The molecule has 1 amide bonds. The summed E-state index contributed by atoms with van der Waals surface area (Å²) in [5, 5.41) is 18.5. The summed E-state index contributed by atoms with van der Waals surface area (Å²) in [7, 11) is 0. The minimum absolute atomic E-state index is 0.0494. The minimum Gasteiger partial charge on any atom is -0.433 e. The van der Waals surface area contributed by atoms with E-state index >= 15 is 0 Å². The quantitative estimate of drug-likeness (QED) is 0.649. The van der Waals surface area contributed by atoms with Gasteiger partial charge in [0.25, 0.3) is 5.91 Å². The van der Waals surface area contributed by atoms with Crippen LogP contribution in [0.25, 0.3) is 0 Å². The lowest BCUT2D eigenvalue weighted by molar-refractivity contribution is -0.385. The van der Waals surface area contributed by atoms with E-state index in [2.05, 4.69) is 20.3 Å². The number of anilines is 1. The Morgan fingerprint density at radius 3 is 2.81 bits per heavy atom. The number of ether oxygens (including phenoxy) is 1. The van der Waals surface area contributed by atoms with E-state index < -0.39 is 28.8 Å². The van der Waals surface area contributed by atoms with Crippen molar-refractivity contribution < 1.29 is 23.2 Å². The van der Waals surface area contributed by atoms with Crippen molar-refractivity contribution in [1.82, 2.24) is 10.2 Å². The first-order valence-corrected chi connectivity index (χ1v) is 5.52. The van der Waals surface area contributed by atoms with Crippen LogP contribution in [0.5, 0.6) is 5.75 Å². The van der Waals surface area contributed by atoms with Gasteiger partial charge < -0.3 is 10.1 Å². The van der Waals surface area contributed by atoms with Gasteiger partial charge in [0.05, 0.1) is 10.6 Å². The maximum Gasteiger partial charge on any atom is 0.387 e. The Bertz CT molecular complexity index is 674. The van der Waals surface area contributed by atoms with Gasteiger partial charge in [0.15, 0.2) is 0 Å². The van der Waals surface area contributed by atoms with Gasteiger partial charge in [-0.2, -0.15) is 13.9 Å². The molecule has 1 heterocycles. The number of carbonyl (C=O) groups is 1. The highest BCUT2D eigenvalue weighted by molar-refractivity contribution is 6.06. The van der Waals surface area contributed by atoms with Crippen molar-refractivity contribution in [2.24, 2.45) is 0 Å². The zero-order chi connectivity index (χ0) is 15.4. The molecule has 2 aromatic rings. The smallest absolute Gasteiger partial charge is 0.387 e. The van der Waals surface area contributed by atoms with Crippen molar-refractivity contribution in [3.63, 3.8) is 0 Å². The number of rotatable bonds is 5. The molecule has 2 rings (SSSR count). The predicted octanol–water partition coefficient (Wildman–Crippen LogP) is 2.17. The summed E-state index contributed by atoms with van der Waals surface area (Å²) in [5.74, 6) is -1.16. The van der Waals surface area contributed by atoms with Crippen LogP contribution in [0.4, 0.5) is 20.2 Å². The monoisotopic (exact) mass is 298 g/mol. The fraction of sp³-hybridized carbons (Fsp3) is 0.0909. The fourth-order valence-corrected chi connectivity index (χ4v) is 1.54. The number of halogens is 2. The van der Waals surface area contributed by atoms with Crippen LogP contribution in [0.15, 0.2) is 30.5 Å². The van der Waals surface area contributed by atoms with Gasteiger partial charge in [0.2, 0.25) is 5.69 Å². The number of aromatic nitrogens is 2. The van der Waals surface area contributed by atoms with Crippen LogP contribution in [0.3, 0.4) is 0 Å². The summed E-state index contributed by atoms with van der Waals surface area (Å²) < 4.78 is 28.7. The van der Waals surface area contributed by atoms with Crippen LogP contribution in [0.1, 0.15) is 10.5 Å². The maximum atomic E-state index is 12.2. The third-order valence-electron chi connectivity index (χ3n) is 2.39. The first kappa shape index (κ1) is 14.4. The number of benzene rings is 1. The molecule has 1 aromatic heterocycles. The zero-order valence-electron chi connectivity index (χ0n) is 10.2. The summed E-state index contributed by atoms with van der Waals surface area (Å²) in [5.41, 5.74) is -0.974. The van der Waals surface area contributed by atoms with Crippen molar-refractivity contribution in [2.45, 2.75) is 6.61 Å². The highest BCUT2D eigenvalue weighted by atomic mass is 19.3. The topological polar surface area (TPSA) is 110 Å². The first-order chi connectivity index (χ1) is 9.99. The lowest BCUT2D eigenvalue weighted by atomic mass is 10.2. The highest BCUT2D eigenvalue weighted by Gasteiger charge is 2.23. The van der Waals surface area contributed by atoms with E-state index in [9.17, 15) is 23.7 Å². The Morgan fingerprint density at radius 1 is 1.43 bits per heavy atom. The zero-order valence-corrected chi connectivity index (χ0v) is 10.2. The number of nitrogens with zero attached hydrogens (tertiary/aromatic N) is 2. The SMILES string of the molecule is O=C(Nc1ccccc1OC(F)F)c1[nH]ncc1[N+](=O)[O-]. The van der Waals surface area contributed by atoms with Crippen LogP contribution in [0, 0.1) is 10.1 Å². The summed E-state index contributed by atoms with van der Waals surface area (Å²) in [6.07, 6.45) is 0.872. The van der Waals surface area contributed by atoms with Gasteiger partial charge in [-0.05, 0) is 12.1 Å². The van der Waals surface area contributed by atoms with Gasteiger partial charge in [0.1, 0.15) is 11.9 Å². The second-order valence-electron chi connectivity index (χ2n) is 3.72. The number of aromatic amines is 1. The molecule has 0 unspecified atom stereocenters. The van der Waals surface area contributed by atoms with Crippen molar-refractivity contribution in [2.75, 3.05) is 5.32 Å². The number of amides is 1. The molecular formula is C11H8F2N4O4. The van der Waals surface area contributed by atoms with Gasteiger partial charge in [-0.15, -0.1) is 0 Å². The number of hydrogen-bond donors (Lipinski definition) is 2. The molecule has 21 heavy (non-hydrogen) atoms. The van der Waals surface area contributed by atoms with Gasteiger partial charge in [-0.25, -0.2) is 0 Å².